The Morgan fingerprint density at radius 3 is 2.67 bits per heavy atom. The minimum atomic E-state index is -0.681. The van der Waals surface area contributed by atoms with Gasteiger partial charge in [0.05, 0.1) is 0 Å². The minimum Gasteiger partial charge on any atom is -0.480 e. The standard InChI is InChI=1S/C6H9NO2/c8-6(9)5-4-1-3(4)2-7-5/h3-5,7H,1-2H2,(H,8,9)/t3-,4+,5+/m0/s1. The van der Waals surface area contributed by atoms with E-state index >= 15 is 0 Å². The van der Waals surface area contributed by atoms with E-state index in [1.165, 1.54) is 0 Å². The Balaban J connectivity index is 2.06. The van der Waals surface area contributed by atoms with Gasteiger partial charge in [-0.25, -0.2) is 0 Å². The van der Waals surface area contributed by atoms with E-state index in [-0.39, 0.29) is 6.04 Å². The molecule has 2 rings (SSSR count). The Morgan fingerprint density at radius 1 is 1.67 bits per heavy atom. The van der Waals surface area contributed by atoms with E-state index in [1.54, 1.807) is 0 Å². The lowest BCUT2D eigenvalue weighted by atomic mass is 10.2. The van der Waals surface area contributed by atoms with Crippen molar-refractivity contribution in [1.29, 1.82) is 0 Å². The molecule has 0 aromatic heterocycles. The summed E-state index contributed by atoms with van der Waals surface area (Å²) in [4.78, 5) is 10.4. The highest BCUT2D eigenvalue weighted by atomic mass is 16.4. The Kier molecular flexibility index (Phi) is 0.858. The van der Waals surface area contributed by atoms with Crippen molar-refractivity contribution in [3.63, 3.8) is 0 Å². The van der Waals surface area contributed by atoms with Gasteiger partial charge in [0.25, 0.3) is 0 Å². The highest BCUT2D eigenvalue weighted by Gasteiger charge is 2.51. The first-order chi connectivity index (χ1) is 4.29. The van der Waals surface area contributed by atoms with Gasteiger partial charge in [0.1, 0.15) is 6.04 Å². The molecule has 1 aliphatic heterocycles. The van der Waals surface area contributed by atoms with Gasteiger partial charge in [0.2, 0.25) is 0 Å². The molecule has 0 unspecified atom stereocenters. The van der Waals surface area contributed by atoms with Crippen LogP contribution in [-0.2, 0) is 4.79 Å². The van der Waals surface area contributed by atoms with Crippen LogP contribution in [0.15, 0.2) is 0 Å². The molecule has 3 atom stereocenters. The molecule has 0 bridgehead atoms. The van der Waals surface area contributed by atoms with Crippen LogP contribution in [0.3, 0.4) is 0 Å². The number of nitrogens with one attached hydrogen (secondary N) is 1. The van der Waals surface area contributed by atoms with E-state index < -0.39 is 5.97 Å². The van der Waals surface area contributed by atoms with E-state index in [4.69, 9.17) is 5.11 Å². The Hall–Kier alpha value is -0.570. The lowest BCUT2D eigenvalue weighted by Crippen LogP contribution is -2.34. The van der Waals surface area contributed by atoms with Gasteiger partial charge in [-0.05, 0) is 24.8 Å². The third-order valence-electron chi connectivity index (χ3n) is 2.27. The summed E-state index contributed by atoms with van der Waals surface area (Å²) in [7, 11) is 0. The number of aliphatic carboxylic acids is 1. The summed E-state index contributed by atoms with van der Waals surface area (Å²) >= 11 is 0. The monoisotopic (exact) mass is 127 g/mol. The number of hydrogen-bond acceptors (Lipinski definition) is 2. The van der Waals surface area contributed by atoms with Crippen molar-refractivity contribution in [2.45, 2.75) is 12.5 Å². The topological polar surface area (TPSA) is 49.3 Å². The summed E-state index contributed by atoms with van der Waals surface area (Å²) in [6.45, 7) is 0.918. The molecule has 1 aliphatic carbocycles. The summed E-state index contributed by atoms with van der Waals surface area (Å²) in [5, 5.41) is 11.5. The maximum absolute atomic E-state index is 10.4. The van der Waals surface area contributed by atoms with Gasteiger partial charge in [0.15, 0.2) is 0 Å². The fraction of sp³-hybridized carbons (Fsp3) is 0.833. The summed E-state index contributed by atoms with van der Waals surface area (Å²) in [5.41, 5.74) is 0. The molecule has 1 heterocycles. The van der Waals surface area contributed by atoms with Crippen LogP contribution in [-0.4, -0.2) is 23.7 Å². The van der Waals surface area contributed by atoms with Crippen molar-refractivity contribution in [2.75, 3.05) is 6.54 Å². The Morgan fingerprint density at radius 2 is 2.44 bits per heavy atom. The zero-order chi connectivity index (χ0) is 6.43. The third kappa shape index (κ3) is 0.645. The largest absolute Gasteiger partial charge is 0.480 e. The van der Waals surface area contributed by atoms with Crippen LogP contribution in [0, 0.1) is 11.8 Å². The predicted octanol–water partition coefficient (Wildman–Crippen LogP) is -0.321. The smallest absolute Gasteiger partial charge is 0.320 e. The van der Waals surface area contributed by atoms with Gasteiger partial charge in [0, 0.05) is 0 Å². The van der Waals surface area contributed by atoms with Crippen LogP contribution in [0.4, 0.5) is 0 Å². The third-order valence-corrected chi connectivity index (χ3v) is 2.27. The van der Waals surface area contributed by atoms with Crippen molar-refractivity contribution >= 4 is 5.97 Å². The molecule has 2 fully saturated rings. The molecule has 9 heavy (non-hydrogen) atoms. The highest BCUT2D eigenvalue weighted by Crippen LogP contribution is 2.44. The van der Waals surface area contributed by atoms with Gasteiger partial charge in [-0.2, -0.15) is 0 Å². The lowest BCUT2D eigenvalue weighted by Gasteiger charge is -2.04. The Bertz CT molecular complexity index is 157. The molecule has 1 saturated heterocycles. The number of fused-ring (bicyclic) bond motifs is 1. The molecule has 50 valence electrons. The predicted molar refractivity (Wildman–Crippen MR) is 31.0 cm³/mol. The van der Waals surface area contributed by atoms with Crippen molar-refractivity contribution < 1.29 is 9.90 Å². The number of piperidine rings is 1. The number of carboxylic acid groups (broad SMARTS) is 1. The molecule has 0 amide bonds. The van der Waals surface area contributed by atoms with Crippen LogP contribution in [0.5, 0.6) is 0 Å². The number of rotatable bonds is 1. The van der Waals surface area contributed by atoms with Gasteiger partial charge >= 0.3 is 5.97 Å². The normalized spacial score (nSPS) is 46.4. The van der Waals surface area contributed by atoms with E-state index in [1.807, 2.05) is 0 Å². The first-order valence-electron chi connectivity index (χ1n) is 3.25. The molecule has 2 N–H and O–H groups in total. The van der Waals surface area contributed by atoms with Crippen LogP contribution in [0.2, 0.25) is 0 Å². The summed E-state index contributed by atoms with van der Waals surface area (Å²) in [5.74, 6) is 0.466. The van der Waals surface area contributed by atoms with Gasteiger partial charge < -0.3 is 10.4 Å². The molecule has 3 heteroatoms. The second-order valence-corrected chi connectivity index (χ2v) is 2.88. The van der Waals surface area contributed by atoms with Gasteiger partial charge in [-0.3, -0.25) is 4.79 Å². The first-order valence-corrected chi connectivity index (χ1v) is 3.25. The van der Waals surface area contributed by atoms with Gasteiger partial charge in [-0.1, -0.05) is 0 Å². The van der Waals surface area contributed by atoms with Crippen molar-refractivity contribution in [1.82, 2.24) is 5.32 Å². The quantitative estimate of drug-likeness (QED) is 0.507. The summed E-state index contributed by atoms with van der Waals surface area (Å²) in [6, 6.07) is -0.227. The number of carbonyl (C=O) groups is 1. The van der Waals surface area contributed by atoms with E-state index in [0.717, 1.165) is 13.0 Å². The molecule has 0 aromatic rings. The van der Waals surface area contributed by atoms with Crippen LogP contribution >= 0.6 is 0 Å². The number of carboxylic acids is 1. The molecule has 0 spiro atoms. The van der Waals surface area contributed by atoms with Crippen molar-refractivity contribution in [3.8, 4) is 0 Å². The van der Waals surface area contributed by atoms with E-state index in [2.05, 4.69) is 5.32 Å². The lowest BCUT2D eigenvalue weighted by molar-refractivity contribution is -0.139. The molecule has 1 saturated carbocycles. The Labute approximate surface area is 53.1 Å². The van der Waals surface area contributed by atoms with E-state index in [0.29, 0.717) is 11.8 Å². The second-order valence-electron chi connectivity index (χ2n) is 2.88. The molecular formula is C6H9NO2. The van der Waals surface area contributed by atoms with Crippen LogP contribution in [0.1, 0.15) is 6.42 Å². The minimum absolute atomic E-state index is 0.227. The first kappa shape index (κ1) is 5.23. The van der Waals surface area contributed by atoms with Crippen molar-refractivity contribution in [3.05, 3.63) is 0 Å². The number of hydrogen-bond donors (Lipinski definition) is 2. The maximum atomic E-state index is 10.4. The average molecular weight is 127 g/mol. The highest BCUT2D eigenvalue weighted by molar-refractivity contribution is 5.75. The molecule has 2 aliphatic rings. The zero-order valence-electron chi connectivity index (χ0n) is 5.00. The van der Waals surface area contributed by atoms with Crippen molar-refractivity contribution in [2.24, 2.45) is 11.8 Å². The molecule has 0 radical (unpaired) electrons. The van der Waals surface area contributed by atoms with Crippen LogP contribution in [0.25, 0.3) is 0 Å². The SMILES string of the molecule is O=C(O)[C@@H]1NC[C@@H]2C[C@H]21. The summed E-state index contributed by atoms with van der Waals surface area (Å²) in [6.07, 6.45) is 1.13. The fourth-order valence-electron chi connectivity index (χ4n) is 1.61. The second kappa shape index (κ2) is 1.48. The summed E-state index contributed by atoms with van der Waals surface area (Å²) < 4.78 is 0. The van der Waals surface area contributed by atoms with Gasteiger partial charge in [-0.15, -0.1) is 0 Å². The molecular weight excluding hydrogens is 118 g/mol. The molecule has 0 aromatic carbocycles. The molecule has 3 nitrogen and oxygen atoms in total. The van der Waals surface area contributed by atoms with Crippen LogP contribution < -0.4 is 5.32 Å². The van der Waals surface area contributed by atoms with E-state index in [9.17, 15) is 4.79 Å². The fourth-order valence-corrected chi connectivity index (χ4v) is 1.61. The maximum Gasteiger partial charge on any atom is 0.320 e. The zero-order valence-corrected chi connectivity index (χ0v) is 5.00. The average Bonchev–Trinajstić information content (AvgIpc) is 2.43.